The SMILES string of the molecule is COC(=O)C1=C(C)N=C2SC=C(CC(=O)N3CCCC3)N2[C@@H]1c1ccc(OCc2ccccc2)c(OC)c1. The quantitative estimate of drug-likeness (QED) is 0.440. The molecule has 1 amide bonds. The Morgan fingerprint density at radius 1 is 1.05 bits per heavy atom. The predicted octanol–water partition coefficient (Wildman–Crippen LogP) is 5.03. The number of hydrogen-bond donors (Lipinski definition) is 0. The molecule has 5 rings (SSSR count). The number of benzene rings is 2. The van der Waals surface area contributed by atoms with Crippen molar-refractivity contribution in [3.8, 4) is 11.5 Å². The van der Waals surface area contributed by atoms with E-state index >= 15 is 0 Å². The molecule has 0 aliphatic carbocycles. The summed E-state index contributed by atoms with van der Waals surface area (Å²) in [6.07, 6.45) is 2.31. The van der Waals surface area contributed by atoms with Gasteiger partial charge in [-0.05, 0) is 48.4 Å². The Hall–Kier alpha value is -3.72. The molecule has 198 valence electrons. The summed E-state index contributed by atoms with van der Waals surface area (Å²) in [6.45, 7) is 3.79. The van der Waals surface area contributed by atoms with E-state index in [4.69, 9.17) is 19.2 Å². The van der Waals surface area contributed by atoms with E-state index in [9.17, 15) is 9.59 Å². The standard InChI is InChI=1S/C29H31N3O5S/c1-19-26(28(34)36-3)27(32-22(18-38-29(32)30-19)16-25(33)31-13-7-8-14-31)21-11-12-23(24(15-21)35-2)37-17-20-9-5-4-6-10-20/h4-6,9-12,15,18,27H,7-8,13-14,16-17H2,1-3H3/t27-/m1/s1. The van der Waals surface area contributed by atoms with Crippen molar-refractivity contribution < 1.29 is 23.8 Å². The third-order valence-corrected chi connectivity index (χ3v) is 7.83. The molecule has 2 aromatic carbocycles. The number of aliphatic imine (C=N–C) groups is 1. The zero-order chi connectivity index (χ0) is 26.6. The van der Waals surface area contributed by atoms with Crippen molar-refractivity contribution in [3.05, 3.63) is 82.0 Å². The van der Waals surface area contributed by atoms with Gasteiger partial charge in [0.2, 0.25) is 5.91 Å². The van der Waals surface area contributed by atoms with Crippen LogP contribution in [0.4, 0.5) is 0 Å². The van der Waals surface area contributed by atoms with Gasteiger partial charge in [-0.2, -0.15) is 0 Å². The fourth-order valence-corrected chi connectivity index (χ4v) is 5.96. The summed E-state index contributed by atoms with van der Waals surface area (Å²) in [5, 5.41) is 2.69. The number of carbonyl (C=O) groups excluding carboxylic acids is 2. The molecule has 1 saturated heterocycles. The lowest BCUT2D eigenvalue weighted by atomic mass is 9.93. The Bertz CT molecular complexity index is 1310. The van der Waals surface area contributed by atoms with Gasteiger partial charge in [-0.3, -0.25) is 4.79 Å². The van der Waals surface area contributed by atoms with Crippen LogP contribution in [0.1, 0.15) is 43.4 Å². The van der Waals surface area contributed by atoms with Gasteiger partial charge in [0.05, 0.1) is 38.0 Å². The minimum absolute atomic E-state index is 0.0856. The second-order valence-corrected chi connectivity index (χ2v) is 10.2. The van der Waals surface area contributed by atoms with E-state index in [1.165, 1.54) is 18.9 Å². The van der Waals surface area contributed by atoms with E-state index in [1.54, 1.807) is 7.11 Å². The van der Waals surface area contributed by atoms with Gasteiger partial charge in [0.1, 0.15) is 6.61 Å². The summed E-state index contributed by atoms with van der Waals surface area (Å²) in [5.41, 5.74) is 3.68. The van der Waals surface area contributed by atoms with Crippen LogP contribution in [0.15, 0.2) is 75.9 Å². The van der Waals surface area contributed by atoms with Crippen LogP contribution < -0.4 is 9.47 Å². The van der Waals surface area contributed by atoms with Gasteiger partial charge >= 0.3 is 5.97 Å². The van der Waals surface area contributed by atoms with Crippen molar-refractivity contribution in [1.82, 2.24) is 9.80 Å². The molecule has 8 nitrogen and oxygen atoms in total. The highest BCUT2D eigenvalue weighted by Gasteiger charge is 2.41. The average Bonchev–Trinajstić information content (AvgIpc) is 3.62. The van der Waals surface area contributed by atoms with E-state index < -0.39 is 12.0 Å². The number of rotatable bonds is 8. The van der Waals surface area contributed by atoms with Crippen molar-refractivity contribution in [1.29, 1.82) is 0 Å². The Morgan fingerprint density at radius 2 is 1.82 bits per heavy atom. The third-order valence-electron chi connectivity index (χ3n) is 6.94. The van der Waals surface area contributed by atoms with Crippen LogP contribution >= 0.6 is 11.8 Å². The zero-order valence-corrected chi connectivity index (χ0v) is 22.6. The molecule has 0 radical (unpaired) electrons. The van der Waals surface area contributed by atoms with Crippen LogP contribution in [0, 0.1) is 0 Å². The molecule has 0 bridgehead atoms. The number of likely N-dealkylation sites (tertiary alicyclic amines) is 1. The highest BCUT2D eigenvalue weighted by molar-refractivity contribution is 8.16. The molecule has 0 unspecified atom stereocenters. The molecular formula is C29H31N3O5S. The third kappa shape index (κ3) is 5.15. The molecule has 3 aliphatic rings. The van der Waals surface area contributed by atoms with Gasteiger partial charge in [0.25, 0.3) is 0 Å². The van der Waals surface area contributed by atoms with Crippen molar-refractivity contribution in [3.63, 3.8) is 0 Å². The number of thioether (sulfide) groups is 1. The number of esters is 1. The summed E-state index contributed by atoms with van der Waals surface area (Å²) in [5.74, 6) is 0.777. The molecule has 1 fully saturated rings. The predicted molar refractivity (Wildman–Crippen MR) is 147 cm³/mol. The first kappa shape index (κ1) is 25.9. The van der Waals surface area contributed by atoms with Crippen LogP contribution in [0.3, 0.4) is 0 Å². The fourth-order valence-electron chi connectivity index (χ4n) is 5.00. The first-order valence-corrected chi connectivity index (χ1v) is 13.5. The van der Waals surface area contributed by atoms with Crippen LogP contribution in [0.5, 0.6) is 11.5 Å². The van der Waals surface area contributed by atoms with E-state index in [2.05, 4.69) is 0 Å². The van der Waals surface area contributed by atoms with Crippen LogP contribution in [-0.2, 0) is 20.9 Å². The maximum Gasteiger partial charge on any atom is 0.338 e. The fraction of sp³-hybridized carbons (Fsp3) is 0.345. The summed E-state index contributed by atoms with van der Waals surface area (Å²) in [7, 11) is 2.96. The minimum Gasteiger partial charge on any atom is -0.493 e. The molecule has 38 heavy (non-hydrogen) atoms. The number of ether oxygens (including phenoxy) is 3. The molecule has 2 aromatic rings. The summed E-state index contributed by atoms with van der Waals surface area (Å²) < 4.78 is 16.9. The highest BCUT2D eigenvalue weighted by Crippen LogP contribution is 2.46. The van der Waals surface area contributed by atoms with Gasteiger partial charge in [-0.25, -0.2) is 9.79 Å². The van der Waals surface area contributed by atoms with Crippen molar-refractivity contribution in [2.75, 3.05) is 27.3 Å². The smallest absolute Gasteiger partial charge is 0.338 e. The Labute approximate surface area is 226 Å². The van der Waals surface area contributed by atoms with Crippen LogP contribution in [0.2, 0.25) is 0 Å². The maximum atomic E-state index is 13.1. The van der Waals surface area contributed by atoms with E-state index in [0.29, 0.717) is 29.4 Å². The molecule has 0 N–H and O–H groups in total. The Balaban J connectivity index is 1.48. The topological polar surface area (TPSA) is 80.7 Å². The van der Waals surface area contributed by atoms with Crippen molar-refractivity contribution >= 4 is 28.8 Å². The van der Waals surface area contributed by atoms with Crippen molar-refractivity contribution in [2.45, 2.75) is 38.8 Å². The van der Waals surface area contributed by atoms with Crippen LogP contribution in [0.25, 0.3) is 0 Å². The van der Waals surface area contributed by atoms with Gasteiger partial charge in [-0.15, -0.1) is 0 Å². The lowest BCUT2D eigenvalue weighted by Gasteiger charge is -2.36. The van der Waals surface area contributed by atoms with Gasteiger partial charge in [0.15, 0.2) is 16.7 Å². The highest BCUT2D eigenvalue weighted by atomic mass is 32.2. The largest absolute Gasteiger partial charge is 0.493 e. The molecule has 9 heteroatoms. The molecule has 0 saturated carbocycles. The number of methoxy groups -OCH3 is 2. The summed E-state index contributed by atoms with van der Waals surface area (Å²) >= 11 is 1.46. The second kappa shape index (κ2) is 11.3. The number of amidine groups is 1. The second-order valence-electron chi connectivity index (χ2n) is 9.33. The van der Waals surface area contributed by atoms with E-state index in [1.807, 2.05) is 70.7 Å². The maximum absolute atomic E-state index is 13.1. The van der Waals surface area contributed by atoms with Gasteiger partial charge < -0.3 is 24.0 Å². The number of amides is 1. The molecule has 1 atom stereocenters. The Morgan fingerprint density at radius 3 is 2.53 bits per heavy atom. The van der Waals surface area contributed by atoms with Gasteiger partial charge in [0, 0.05) is 18.8 Å². The molecule has 0 aromatic heterocycles. The molecule has 3 aliphatic heterocycles. The van der Waals surface area contributed by atoms with Crippen molar-refractivity contribution in [2.24, 2.45) is 4.99 Å². The zero-order valence-electron chi connectivity index (χ0n) is 21.8. The molecule has 3 heterocycles. The average molecular weight is 534 g/mol. The number of allylic oxidation sites excluding steroid dienone is 1. The Kier molecular flexibility index (Phi) is 7.74. The van der Waals surface area contributed by atoms with Crippen LogP contribution in [-0.4, -0.2) is 54.2 Å². The number of carbonyl (C=O) groups is 2. The van der Waals surface area contributed by atoms with E-state index in [-0.39, 0.29) is 12.3 Å². The lowest BCUT2D eigenvalue weighted by molar-refractivity contribution is -0.136. The molecular weight excluding hydrogens is 502 g/mol. The lowest BCUT2D eigenvalue weighted by Crippen LogP contribution is -2.38. The summed E-state index contributed by atoms with van der Waals surface area (Å²) in [6, 6.07) is 15.0. The first-order valence-electron chi connectivity index (χ1n) is 12.6. The summed E-state index contributed by atoms with van der Waals surface area (Å²) in [4.78, 5) is 34.7. The minimum atomic E-state index is -0.528. The number of fused-ring (bicyclic) bond motifs is 1. The van der Waals surface area contributed by atoms with Gasteiger partial charge in [-0.1, -0.05) is 48.2 Å². The number of nitrogens with zero attached hydrogens (tertiary/aromatic N) is 3. The van der Waals surface area contributed by atoms with E-state index in [0.717, 1.165) is 47.9 Å². The number of hydrogen-bond acceptors (Lipinski definition) is 8. The normalized spacial score (nSPS) is 18.7. The first-order chi connectivity index (χ1) is 18.5. The monoisotopic (exact) mass is 533 g/mol. The molecule has 0 spiro atoms.